The molecule has 1 rings (SSSR count). The number of nitrogens with zero attached hydrogens (tertiary/aromatic N) is 1. The third kappa shape index (κ3) is 4.61. The van der Waals surface area contributed by atoms with Crippen LogP contribution in [0.2, 0.25) is 0 Å². The van der Waals surface area contributed by atoms with Crippen LogP contribution in [-0.2, 0) is 19.4 Å². The van der Waals surface area contributed by atoms with Gasteiger partial charge in [-0.25, -0.2) is 8.42 Å². The molecule has 0 radical (unpaired) electrons. The third-order valence-corrected chi connectivity index (χ3v) is 3.68. The molecule has 6 nitrogen and oxygen atoms in total. The summed E-state index contributed by atoms with van der Waals surface area (Å²) in [6.07, 6.45) is 0.979. The van der Waals surface area contributed by atoms with E-state index in [1.54, 1.807) is 7.05 Å². The van der Waals surface area contributed by atoms with Gasteiger partial charge >= 0.3 is 0 Å². The second-order valence-electron chi connectivity index (χ2n) is 4.40. The number of hydrogen-bond acceptors (Lipinski definition) is 5. The molecule has 1 aliphatic rings. The van der Waals surface area contributed by atoms with Crippen molar-refractivity contribution in [2.45, 2.75) is 19.1 Å². The van der Waals surface area contributed by atoms with Gasteiger partial charge in [-0.2, -0.15) is 0 Å². The molecular formula is C10H20N2O4S. The van der Waals surface area contributed by atoms with Crippen LogP contribution in [-0.4, -0.2) is 70.1 Å². The Bertz CT molecular complexity index is 369. The topological polar surface area (TPSA) is 75.7 Å². The summed E-state index contributed by atoms with van der Waals surface area (Å²) in [6, 6.07) is -0.381. The number of carbonyl (C=O) groups excluding carboxylic acids is 1. The lowest BCUT2D eigenvalue weighted by Gasteiger charge is -2.32. The summed E-state index contributed by atoms with van der Waals surface area (Å²) in [5.41, 5.74) is 0. The zero-order valence-electron chi connectivity index (χ0n) is 10.5. The molecular weight excluding hydrogens is 244 g/mol. The van der Waals surface area contributed by atoms with Crippen LogP contribution in [0, 0.1) is 0 Å². The zero-order chi connectivity index (χ0) is 13.1. The normalized spacial score (nSPS) is 25.6. The Labute approximate surface area is 102 Å². The Kier molecular flexibility index (Phi) is 4.91. The molecule has 1 aliphatic heterocycles. The van der Waals surface area contributed by atoms with Gasteiger partial charge in [0.2, 0.25) is 5.91 Å². The van der Waals surface area contributed by atoms with E-state index in [1.165, 1.54) is 4.90 Å². The van der Waals surface area contributed by atoms with Crippen molar-refractivity contribution in [1.29, 1.82) is 0 Å². The van der Waals surface area contributed by atoms with E-state index in [0.29, 0.717) is 13.2 Å². The average Bonchev–Trinajstić information content (AvgIpc) is 2.24. The van der Waals surface area contributed by atoms with E-state index in [2.05, 4.69) is 5.32 Å². The number of likely N-dealkylation sites (N-methyl/N-ethyl adjacent to an activating group) is 1. The maximum Gasteiger partial charge on any atom is 0.242 e. The van der Waals surface area contributed by atoms with Crippen LogP contribution in [0.1, 0.15) is 6.92 Å². The Balaban J connectivity index is 2.50. The molecule has 17 heavy (non-hydrogen) atoms. The maximum absolute atomic E-state index is 12.0. The minimum Gasteiger partial charge on any atom is -0.375 e. The van der Waals surface area contributed by atoms with Crippen molar-refractivity contribution in [2.24, 2.45) is 0 Å². The highest BCUT2D eigenvalue weighted by atomic mass is 32.2. The molecule has 1 amide bonds. The summed E-state index contributed by atoms with van der Waals surface area (Å²) >= 11 is 0. The third-order valence-electron chi connectivity index (χ3n) is 2.76. The monoisotopic (exact) mass is 264 g/mol. The van der Waals surface area contributed by atoms with Crippen molar-refractivity contribution in [1.82, 2.24) is 10.2 Å². The number of nitrogens with one attached hydrogen (secondary N) is 1. The lowest BCUT2D eigenvalue weighted by Crippen LogP contribution is -2.56. The van der Waals surface area contributed by atoms with Crippen LogP contribution in [0.25, 0.3) is 0 Å². The molecule has 0 bridgehead atoms. The molecule has 0 unspecified atom stereocenters. The minimum absolute atomic E-state index is 0.0167. The molecule has 2 atom stereocenters. The van der Waals surface area contributed by atoms with E-state index < -0.39 is 9.84 Å². The van der Waals surface area contributed by atoms with Gasteiger partial charge in [0.25, 0.3) is 0 Å². The van der Waals surface area contributed by atoms with E-state index in [4.69, 9.17) is 4.74 Å². The fourth-order valence-electron chi connectivity index (χ4n) is 1.66. The maximum atomic E-state index is 12.0. The number of rotatable bonds is 4. The summed E-state index contributed by atoms with van der Waals surface area (Å²) in [6.45, 7) is 3.28. The smallest absolute Gasteiger partial charge is 0.242 e. The Morgan fingerprint density at radius 2 is 2.18 bits per heavy atom. The molecule has 7 heteroatoms. The van der Waals surface area contributed by atoms with Gasteiger partial charge in [-0.05, 0) is 6.92 Å². The lowest BCUT2D eigenvalue weighted by atomic mass is 10.1. The number of morpholine rings is 1. The molecule has 0 aromatic heterocycles. The molecule has 0 spiro atoms. The van der Waals surface area contributed by atoms with Crippen molar-refractivity contribution in [3.63, 3.8) is 0 Å². The first kappa shape index (κ1) is 14.4. The molecule has 100 valence electrons. The van der Waals surface area contributed by atoms with Gasteiger partial charge in [0.05, 0.1) is 18.5 Å². The molecule has 0 aliphatic carbocycles. The van der Waals surface area contributed by atoms with Gasteiger partial charge in [0.15, 0.2) is 0 Å². The van der Waals surface area contributed by atoms with Gasteiger partial charge in [0.1, 0.15) is 15.9 Å². The first-order valence-corrected chi connectivity index (χ1v) is 7.65. The fraction of sp³-hybridized carbons (Fsp3) is 0.900. The highest BCUT2D eigenvalue weighted by molar-refractivity contribution is 7.90. The fourth-order valence-corrected chi connectivity index (χ4v) is 2.27. The van der Waals surface area contributed by atoms with E-state index in [1.807, 2.05) is 6.92 Å². The number of sulfone groups is 1. The second kappa shape index (κ2) is 5.79. The summed E-state index contributed by atoms with van der Waals surface area (Å²) in [7, 11) is -1.43. The van der Waals surface area contributed by atoms with Crippen LogP contribution in [0.4, 0.5) is 0 Å². The van der Waals surface area contributed by atoms with E-state index in [0.717, 1.165) is 6.26 Å². The van der Waals surface area contributed by atoms with Crippen molar-refractivity contribution in [3.8, 4) is 0 Å². The molecule has 1 N–H and O–H groups in total. The van der Waals surface area contributed by atoms with E-state index in [9.17, 15) is 13.2 Å². The molecule has 1 fully saturated rings. The highest BCUT2D eigenvalue weighted by Gasteiger charge is 2.30. The van der Waals surface area contributed by atoms with Crippen molar-refractivity contribution >= 4 is 15.7 Å². The van der Waals surface area contributed by atoms with Gasteiger partial charge < -0.3 is 15.0 Å². The largest absolute Gasteiger partial charge is 0.375 e. The Morgan fingerprint density at radius 3 is 2.71 bits per heavy atom. The number of carbonyl (C=O) groups is 1. The van der Waals surface area contributed by atoms with Crippen molar-refractivity contribution < 1.29 is 17.9 Å². The quantitative estimate of drug-likeness (QED) is 0.695. The summed E-state index contributed by atoms with van der Waals surface area (Å²) < 4.78 is 27.4. The first-order valence-electron chi connectivity index (χ1n) is 5.59. The Hall–Kier alpha value is -0.660. The summed E-state index contributed by atoms with van der Waals surface area (Å²) in [4.78, 5) is 13.4. The van der Waals surface area contributed by atoms with Gasteiger partial charge in [-0.15, -0.1) is 0 Å². The lowest BCUT2D eigenvalue weighted by molar-refractivity contribution is -0.137. The first-order chi connectivity index (χ1) is 7.81. The predicted octanol–water partition coefficient (Wildman–Crippen LogP) is -1.13. The number of amides is 1. The molecule has 1 heterocycles. The summed E-state index contributed by atoms with van der Waals surface area (Å²) in [5, 5.41) is 3.08. The molecule has 0 saturated carbocycles. The van der Waals surface area contributed by atoms with E-state index >= 15 is 0 Å². The standard InChI is InChI=1S/C10H20N2O4S/c1-8-9(11-4-6-16-8)10(13)12(2)5-7-17(3,14)15/h8-9,11H,4-7H2,1-3H3/t8-,9+/m1/s1. The van der Waals surface area contributed by atoms with Crippen LogP contribution in [0.3, 0.4) is 0 Å². The minimum atomic E-state index is -3.04. The second-order valence-corrected chi connectivity index (χ2v) is 6.66. The molecule has 0 aromatic rings. The van der Waals surface area contributed by atoms with Gasteiger partial charge in [0, 0.05) is 26.4 Å². The molecule has 0 aromatic carbocycles. The SMILES string of the molecule is C[C@H]1OCCN[C@@H]1C(=O)N(C)CCS(C)(=O)=O. The number of ether oxygens (including phenoxy) is 1. The highest BCUT2D eigenvalue weighted by Crippen LogP contribution is 2.06. The number of hydrogen-bond donors (Lipinski definition) is 1. The van der Waals surface area contributed by atoms with Crippen LogP contribution >= 0.6 is 0 Å². The van der Waals surface area contributed by atoms with Crippen molar-refractivity contribution in [3.05, 3.63) is 0 Å². The van der Waals surface area contributed by atoms with Crippen LogP contribution < -0.4 is 5.32 Å². The average molecular weight is 264 g/mol. The summed E-state index contributed by atoms with van der Waals surface area (Å²) in [5.74, 6) is -0.141. The van der Waals surface area contributed by atoms with Gasteiger partial charge in [-0.3, -0.25) is 4.79 Å². The van der Waals surface area contributed by atoms with E-state index in [-0.39, 0.29) is 30.4 Å². The van der Waals surface area contributed by atoms with Crippen molar-refractivity contribution in [2.75, 3.05) is 38.8 Å². The Morgan fingerprint density at radius 1 is 1.53 bits per heavy atom. The van der Waals surface area contributed by atoms with Crippen LogP contribution in [0.15, 0.2) is 0 Å². The zero-order valence-corrected chi connectivity index (χ0v) is 11.3. The predicted molar refractivity (Wildman–Crippen MR) is 64.6 cm³/mol. The molecule has 1 saturated heterocycles. The van der Waals surface area contributed by atoms with Crippen LogP contribution in [0.5, 0.6) is 0 Å². The van der Waals surface area contributed by atoms with Gasteiger partial charge in [-0.1, -0.05) is 0 Å².